The molecule has 8 heteroatoms. The third-order valence-electron chi connectivity index (χ3n) is 3.70. The fourth-order valence-corrected chi connectivity index (χ4v) is 3.31. The van der Waals surface area contributed by atoms with Crippen molar-refractivity contribution < 1.29 is 19.1 Å². The van der Waals surface area contributed by atoms with Crippen LogP contribution in [0.3, 0.4) is 0 Å². The fraction of sp³-hybridized carbons (Fsp3) is 0.412. The van der Waals surface area contributed by atoms with Crippen molar-refractivity contribution in [3.63, 3.8) is 0 Å². The van der Waals surface area contributed by atoms with Crippen LogP contribution in [0.2, 0.25) is 10.0 Å². The Kier molecular flexibility index (Phi) is 6.56. The van der Waals surface area contributed by atoms with Crippen LogP contribution in [0.4, 0.5) is 4.79 Å². The molecule has 1 aromatic rings. The molecule has 2 N–H and O–H groups in total. The number of nitrogens with one attached hydrogen (secondary N) is 2. The van der Waals surface area contributed by atoms with E-state index in [0.29, 0.717) is 45.7 Å². The van der Waals surface area contributed by atoms with Gasteiger partial charge in [-0.3, -0.25) is 0 Å². The second-order valence-electron chi connectivity index (χ2n) is 5.41. The summed E-state index contributed by atoms with van der Waals surface area (Å²) in [5.41, 5.74) is 1.44. The zero-order valence-electron chi connectivity index (χ0n) is 14.2. The number of amides is 2. The zero-order chi connectivity index (χ0) is 18.6. The van der Waals surface area contributed by atoms with Gasteiger partial charge in [-0.1, -0.05) is 36.5 Å². The van der Waals surface area contributed by atoms with E-state index in [1.54, 1.807) is 12.1 Å². The van der Waals surface area contributed by atoms with Gasteiger partial charge in [0, 0.05) is 5.70 Å². The Morgan fingerprint density at radius 2 is 1.88 bits per heavy atom. The molecule has 1 aliphatic rings. The molecule has 0 aromatic heterocycles. The lowest BCUT2D eigenvalue weighted by Crippen LogP contribution is -2.45. The highest BCUT2D eigenvalue weighted by Crippen LogP contribution is 2.38. The molecule has 0 spiro atoms. The molecule has 1 aromatic carbocycles. The average molecular weight is 387 g/mol. The second-order valence-corrected chi connectivity index (χ2v) is 6.23. The summed E-state index contributed by atoms with van der Waals surface area (Å²) in [4.78, 5) is 24.3. The van der Waals surface area contributed by atoms with E-state index in [1.807, 2.05) is 13.8 Å². The van der Waals surface area contributed by atoms with E-state index in [2.05, 4.69) is 10.6 Å². The molecule has 1 atom stereocenters. The van der Waals surface area contributed by atoms with E-state index in [1.165, 1.54) is 7.11 Å². The van der Waals surface area contributed by atoms with Crippen LogP contribution in [0, 0.1) is 0 Å². The number of carbonyl (C=O) groups excluding carboxylic acids is 2. The van der Waals surface area contributed by atoms with E-state index < -0.39 is 18.0 Å². The Balaban J connectivity index is 2.56. The van der Waals surface area contributed by atoms with Gasteiger partial charge in [0.15, 0.2) is 5.75 Å². The van der Waals surface area contributed by atoms with Gasteiger partial charge in [0.1, 0.15) is 0 Å². The van der Waals surface area contributed by atoms with Gasteiger partial charge >= 0.3 is 12.0 Å². The molecule has 6 nitrogen and oxygen atoms in total. The van der Waals surface area contributed by atoms with Crippen LogP contribution in [-0.2, 0) is 9.53 Å². The minimum atomic E-state index is -0.714. The number of rotatable bonds is 6. The van der Waals surface area contributed by atoms with Gasteiger partial charge in [-0.2, -0.15) is 0 Å². The third kappa shape index (κ3) is 4.19. The van der Waals surface area contributed by atoms with Gasteiger partial charge in [-0.05, 0) is 31.0 Å². The van der Waals surface area contributed by atoms with Crippen LogP contribution >= 0.6 is 23.2 Å². The molecule has 0 bridgehead atoms. The fourth-order valence-electron chi connectivity index (χ4n) is 2.69. The van der Waals surface area contributed by atoms with Gasteiger partial charge < -0.3 is 20.1 Å². The van der Waals surface area contributed by atoms with Gasteiger partial charge in [-0.15, -0.1) is 0 Å². The molecule has 0 radical (unpaired) electrons. The summed E-state index contributed by atoms with van der Waals surface area (Å²) in [5.74, 6) is -0.158. The van der Waals surface area contributed by atoms with E-state index in [9.17, 15) is 9.59 Å². The summed E-state index contributed by atoms with van der Waals surface area (Å²) in [7, 11) is 1.30. The monoisotopic (exact) mass is 386 g/mol. The summed E-state index contributed by atoms with van der Waals surface area (Å²) in [5, 5.41) is 6.01. The first kappa shape index (κ1) is 19.4. The van der Waals surface area contributed by atoms with Crippen LogP contribution < -0.4 is 15.4 Å². The van der Waals surface area contributed by atoms with E-state index in [-0.39, 0.29) is 0 Å². The Labute approximate surface area is 156 Å². The maximum atomic E-state index is 12.3. The lowest BCUT2D eigenvalue weighted by atomic mass is 9.93. The molecule has 0 aliphatic carbocycles. The van der Waals surface area contributed by atoms with Gasteiger partial charge in [-0.25, -0.2) is 9.59 Å². The molecular formula is C17H20Cl2N2O4. The number of carbonyl (C=O) groups is 2. The SMILES string of the molecule is CCCC1=C(C(=O)OC)C(c2cc(Cl)c(OCC)c(Cl)c2)NC(=O)N1. The number of urea groups is 1. The quantitative estimate of drug-likeness (QED) is 0.725. The number of allylic oxidation sites excluding steroid dienone is 1. The average Bonchev–Trinajstić information content (AvgIpc) is 2.57. The maximum Gasteiger partial charge on any atom is 0.337 e. The molecular weight excluding hydrogens is 367 g/mol. The Bertz CT molecular complexity index is 696. The molecule has 0 saturated carbocycles. The van der Waals surface area contributed by atoms with Crippen LogP contribution in [0.1, 0.15) is 38.3 Å². The van der Waals surface area contributed by atoms with Crippen molar-refractivity contribution in [3.8, 4) is 5.75 Å². The van der Waals surface area contributed by atoms with Gasteiger partial charge in [0.2, 0.25) is 0 Å². The highest BCUT2D eigenvalue weighted by atomic mass is 35.5. The lowest BCUT2D eigenvalue weighted by Gasteiger charge is -2.29. The van der Waals surface area contributed by atoms with Gasteiger partial charge in [0.05, 0.1) is 35.4 Å². The number of esters is 1. The van der Waals surface area contributed by atoms with Crippen molar-refractivity contribution >= 4 is 35.2 Å². The van der Waals surface area contributed by atoms with Crippen LogP contribution in [0.15, 0.2) is 23.4 Å². The largest absolute Gasteiger partial charge is 0.491 e. The molecule has 2 amide bonds. The number of methoxy groups -OCH3 is 1. The van der Waals surface area contributed by atoms with Crippen molar-refractivity contribution in [1.29, 1.82) is 0 Å². The zero-order valence-corrected chi connectivity index (χ0v) is 15.8. The second kappa shape index (κ2) is 8.45. The van der Waals surface area contributed by atoms with E-state index in [0.717, 1.165) is 6.42 Å². The Morgan fingerprint density at radius 1 is 1.24 bits per heavy atom. The molecule has 2 rings (SSSR count). The van der Waals surface area contributed by atoms with Crippen LogP contribution in [0.5, 0.6) is 5.75 Å². The summed E-state index contributed by atoms with van der Waals surface area (Å²) in [6, 6.07) is 2.14. The first-order chi connectivity index (χ1) is 11.9. The minimum Gasteiger partial charge on any atom is -0.491 e. The number of benzene rings is 1. The Hall–Kier alpha value is -1.92. The number of ether oxygens (including phenoxy) is 2. The predicted molar refractivity (Wildman–Crippen MR) is 96.0 cm³/mol. The summed E-state index contributed by atoms with van der Waals surface area (Å²) in [6.07, 6.45) is 1.29. The molecule has 1 heterocycles. The van der Waals surface area contributed by atoms with E-state index >= 15 is 0 Å². The summed E-state index contributed by atoms with van der Waals surface area (Å²) >= 11 is 12.5. The van der Waals surface area contributed by atoms with Crippen LogP contribution in [0.25, 0.3) is 0 Å². The standard InChI is InChI=1S/C17H20Cl2N2O4/c1-4-6-12-13(16(22)24-3)14(21-17(23)20-12)9-7-10(18)15(25-5-2)11(19)8-9/h7-8,14H,4-6H2,1-3H3,(H2,20,21,23). The van der Waals surface area contributed by atoms with Gasteiger partial charge in [0.25, 0.3) is 0 Å². The van der Waals surface area contributed by atoms with Crippen molar-refractivity contribution in [2.45, 2.75) is 32.7 Å². The highest BCUT2D eigenvalue weighted by Gasteiger charge is 2.33. The van der Waals surface area contributed by atoms with Crippen molar-refractivity contribution in [2.24, 2.45) is 0 Å². The van der Waals surface area contributed by atoms with Crippen molar-refractivity contribution in [3.05, 3.63) is 39.0 Å². The summed E-state index contributed by atoms with van der Waals surface area (Å²) < 4.78 is 10.3. The van der Waals surface area contributed by atoms with Crippen molar-refractivity contribution in [2.75, 3.05) is 13.7 Å². The first-order valence-electron chi connectivity index (χ1n) is 7.93. The maximum absolute atomic E-state index is 12.3. The summed E-state index contributed by atoms with van der Waals surface area (Å²) in [6.45, 7) is 4.19. The Morgan fingerprint density at radius 3 is 2.40 bits per heavy atom. The normalized spacial score (nSPS) is 17.0. The molecule has 0 fully saturated rings. The molecule has 1 unspecified atom stereocenters. The minimum absolute atomic E-state index is 0.304. The van der Waals surface area contributed by atoms with Crippen LogP contribution in [-0.4, -0.2) is 25.7 Å². The topological polar surface area (TPSA) is 76.7 Å². The van der Waals surface area contributed by atoms with Crippen molar-refractivity contribution in [1.82, 2.24) is 10.6 Å². The molecule has 0 saturated heterocycles. The predicted octanol–water partition coefficient (Wildman–Crippen LogP) is 3.97. The lowest BCUT2D eigenvalue weighted by molar-refractivity contribution is -0.136. The number of hydrogen-bond acceptors (Lipinski definition) is 4. The smallest absolute Gasteiger partial charge is 0.337 e. The number of hydrogen-bond donors (Lipinski definition) is 2. The third-order valence-corrected chi connectivity index (χ3v) is 4.26. The van der Waals surface area contributed by atoms with E-state index in [4.69, 9.17) is 32.7 Å². The molecule has 136 valence electrons. The highest BCUT2D eigenvalue weighted by molar-refractivity contribution is 6.37. The molecule has 25 heavy (non-hydrogen) atoms. The number of halogens is 2. The molecule has 1 aliphatic heterocycles. The first-order valence-corrected chi connectivity index (χ1v) is 8.69.